The van der Waals surface area contributed by atoms with Crippen molar-refractivity contribution in [1.82, 2.24) is 10.6 Å². The average molecular weight is 278 g/mol. The third-order valence-electron chi connectivity index (χ3n) is 3.38. The van der Waals surface area contributed by atoms with Gasteiger partial charge in [-0.3, -0.25) is 4.79 Å². The van der Waals surface area contributed by atoms with E-state index >= 15 is 0 Å². The Hall–Kier alpha value is -1.55. The maximum atomic E-state index is 11.7. The quantitative estimate of drug-likeness (QED) is 0.805. The molecule has 112 valence electrons. The van der Waals surface area contributed by atoms with E-state index < -0.39 is 5.41 Å². The van der Waals surface area contributed by atoms with Gasteiger partial charge in [0.15, 0.2) is 0 Å². The zero-order valence-electron chi connectivity index (χ0n) is 13.1. The number of amides is 1. The zero-order chi connectivity index (χ0) is 15.2. The second-order valence-electron chi connectivity index (χ2n) is 5.57. The largest absolute Gasteiger partial charge is 0.494 e. The van der Waals surface area contributed by atoms with Crippen LogP contribution in [0.4, 0.5) is 0 Å². The summed E-state index contributed by atoms with van der Waals surface area (Å²) in [4.78, 5) is 11.7. The molecular formula is C16H26N2O2. The fraction of sp³-hybridized carbons (Fsp3) is 0.562. The molecule has 1 unspecified atom stereocenters. The van der Waals surface area contributed by atoms with Gasteiger partial charge in [0, 0.05) is 19.6 Å². The van der Waals surface area contributed by atoms with Crippen LogP contribution >= 0.6 is 0 Å². The van der Waals surface area contributed by atoms with Gasteiger partial charge in [-0.05, 0) is 45.4 Å². The predicted octanol–water partition coefficient (Wildman–Crippen LogP) is 2.51. The zero-order valence-corrected chi connectivity index (χ0v) is 13.1. The second-order valence-corrected chi connectivity index (χ2v) is 5.57. The highest BCUT2D eigenvalue weighted by Gasteiger charge is 2.26. The summed E-state index contributed by atoms with van der Waals surface area (Å²) in [6.07, 6.45) is 0. The lowest BCUT2D eigenvalue weighted by Crippen LogP contribution is -2.42. The van der Waals surface area contributed by atoms with Crippen LogP contribution in [0.1, 0.15) is 39.3 Å². The minimum Gasteiger partial charge on any atom is -0.494 e. The van der Waals surface area contributed by atoms with Crippen LogP contribution in [0, 0.1) is 5.41 Å². The molecule has 0 radical (unpaired) electrons. The molecule has 0 aliphatic carbocycles. The molecule has 1 amide bonds. The van der Waals surface area contributed by atoms with E-state index in [-0.39, 0.29) is 11.9 Å². The lowest BCUT2D eigenvalue weighted by atomic mass is 9.91. The Balaban J connectivity index is 2.58. The fourth-order valence-electron chi connectivity index (χ4n) is 1.96. The first-order valence-corrected chi connectivity index (χ1v) is 7.09. The number of benzene rings is 1. The molecule has 1 aromatic rings. The second kappa shape index (κ2) is 7.29. The minimum absolute atomic E-state index is 0.0453. The molecule has 4 nitrogen and oxygen atoms in total. The molecule has 2 N–H and O–H groups in total. The first-order chi connectivity index (χ1) is 9.40. The number of carbonyl (C=O) groups excluding carboxylic acids is 1. The summed E-state index contributed by atoms with van der Waals surface area (Å²) in [5, 5.41) is 6.10. The van der Waals surface area contributed by atoms with Crippen molar-refractivity contribution < 1.29 is 9.53 Å². The molecule has 0 saturated heterocycles. The molecule has 0 aliphatic heterocycles. The topological polar surface area (TPSA) is 50.4 Å². The molecule has 0 heterocycles. The highest BCUT2D eigenvalue weighted by atomic mass is 16.5. The van der Waals surface area contributed by atoms with Crippen molar-refractivity contribution in [1.29, 1.82) is 0 Å². The summed E-state index contributed by atoms with van der Waals surface area (Å²) >= 11 is 0. The van der Waals surface area contributed by atoms with E-state index in [1.54, 1.807) is 7.05 Å². The van der Waals surface area contributed by atoms with E-state index in [4.69, 9.17) is 4.74 Å². The Labute approximate surface area is 121 Å². The molecule has 20 heavy (non-hydrogen) atoms. The molecule has 0 aliphatic rings. The maximum absolute atomic E-state index is 11.7. The van der Waals surface area contributed by atoms with Crippen molar-refractivity contribution in [2.45, 2.75) is 33.7 Å². The number of hydrogen-bond donors (Lipinski definition) is 2. The Kier molecular flexibility index (Phi) is 6.02. The summed E-state index contributed by atoms with van der Waals surface area (Å²) in [7, 11) is 1.67. The lowest BCUT2D eigenvalue weighted by molar-refractivity contribution is -0.128. The van der Waals surface area contributed by atoms with Crippen molar-refractivity contribution in [3.8, 4) is 5.75 Å². The molecule has 0 aromatic heterocycles. The van der Waals surface area contributed by atoms with Crippen LogP contribution in [0.25, 0.3) is 0 Å². The summed E-state index contributed by atoms with van der Waals surface area (Å²) in [5.41, 5.74) is 0.759. The van der Waals surface area contributed by atoms with Gasteiger partial charge in [0.2, 0.25) is 5.91 Å². The van der Waals surface area contributed by atoms with Crippen LogP contribution in [-0.4, -0.2) is 26.1 Å². The van der Waals surface area contributed by atoms with Gasteiger partial charge in [-0.25, -0.2) is 0 Å². The van der Waals surface area contributed by atoms with Gasteiger partial charge >= 0.3 is 0 Å². The number of nitrogens with one attached hydrogen (secondary N) is 2. The molecule has 0 bridgehead atoms. The van der Waals surface area contributed by atoms with Gasteiger partial charge < -0.3 is 15.4 Å². The number of ether oxygens (including phenoxy) is 1. The molecule has 1 aromatic carbocycles. The van der Waals surface area contributed by atoms with Gasteiger partial charge in [0.05, 0.1) is 12.0 Å². The molecule has 0 spiro atoms. The summed E-state index contributed by atoms with van der Waals surface area (Å²) < 4.78 is 5.43. The standard InChI is InChI=1S/C16H26N2O2/c1-6-20-14-9-7-13(8-10-14)12(2)18-11-16(3,4)15(19)17-5/h7-10,12,18H,6,11H2,1-5H3,(H,17,19). The number of rotatable bonds is 7. The van der Waals surface area contributed by atoms with Crippen LogP contribution in [-0.2, 0) is 4.79 Å². The van der Waals surface area contributed by atoms with Gasteiger partial charge in [-0.1, -0.05) is 12.1 Å². The van der Waals surface area contributed by atoms with Crippen molar-refractivity contribution >= 4 is 5.91 Å². The van der Waals surface area contributed by atoms with Crippen LogP contribution in [0.2, 0.25) is 0 Å². The van der Waals surface area contributed by atoms with E-state index in [1.807, 2.05) is 32.9 Å². The van der Waals surface area contributed by atoms with Crippen molar-refractivity contribution in [3.63, 3.8) is 0 Å². The van der Waals surface area contributed by atoms with Crippen molar-refractivity contribution in [3.05, 3.63) is 29.8 Å². The first kappa shape index (κ1) is 16.5. The molecule has 0 fully saturated rings. The smallest absolute Gasteiger partial charge is 0.226 e. The third kappa shape index (κ3) is 4.53. The summed E-state index contributed by atoms with van der Waals surface area (Å²) in [6, 6.07) is 8.24. The first-order valence-electron chi connectivity index (χ1n) is 7.09. The Morgan fingerprint density at radius 1 is 1.30 bits per heavy atom. The summed E-state index contributed by atoms with van der Waals surface area (Å²) in [6.45, 7) is 9.23. The Bertz CT molecular complexity index is 427. The molecule has 4 heteroatoms. The predicted molar refractivity (Wildman–Crippen MR) is 81.9 cm³/mol. The van der Waals surface area contributed by atoms with Crippen LogP contribution < -0.4 is 15.4 Å². The van der Waals surface area contributed by atoms with E-state index in [2.05, 4.69) is 29.7 Å². The molecule has 1 rings (SSSR count). The molecular weight excluding hydrogens is 252 g/mol. The van der Waals surface area contributed by atoms with Gasteiger partial charge in [0.25, 0.3) is 0 Å². The fourth-order valence-corrected chi connectivity index (χ4v) is 1.96. The third-order valence-corrected chi connectivity index (χ3v) is 3.38. The number of carbonyl (C=O) groups is 1. The van der Waals surface area contributed by atoms with Gasteiger partial charge in [-0.15, -0.1) is 0 Å². The van der Waals surface area contributed by atoms with Crippen molar-refractivity contribution in [2.75, 3.05) is 20.2 Å². The SMILES string of the molecule is CCOc1ccc(C(C)NCC(C)(C)C(=O)NC)cc1. The van der Waals surface area contributed by atoms with Gasteiger partial charge in [-0.2, -0.15) is 0 Å². The monoisotopic (exact) mass is 278 g/mol. The maximum Gasteiger partial charge on any atom is 0.226 e. The normalized spacial score (nSPS) is 12.8. The Morgan fingerprint density at radius 3 is 2.40 bits per heavy atom. The Morgan fingerprint density at radius 2 is 1.90 bits per heavy atom. The van der Waals surface area contributed by atoms with Crippen LogP contribution in [0.5, 0.6) is 5.75 Å². The van der Waals surface area contributed by atoms with E-state index in [1.165, 1.54) is 5.56 Å². The van der Waals surface area contributed by atoms with E-state index in [0.29, 0.717) is 13.2 Å². The minimum atomic E-state index is -0.422. The molecule has 0 saturated carbocycles. The van der Waals surface area contributed by atoms with E-state index in [9.17, 15) is 4.79 Å². The average Bonchev–Trinajstić information content (AvgIpc) is 2.45. The van der Waals surface area contributed by atoms with Gasteiger partial charge in [0.1, 0.15) is 5.75 Å². The highest BCUT2D eigenvalue weighted by Crippen LogP contribution is 2.20. The van der Waals surface area contributed by atoms with E-state index in [0.717, 1.165) is 5.75 Å². The van der Waals surface area contributed by atoms with Crippen molar-refractivity contribution in [2.24, 2.45) is 5.41 Å². The number of hydrogen-bond acceptors (Lipinski definition) is 3. The highest BCUT2D eigenvalue weighted by molar-refractivity contribution is 5.81. The van der Waals surface area contributed by atoms with Crippen LogP contribution in [0.3, 0.4) is 0 Å². The molecule has 1 atom stereocenters. The lowest BCUT2D eigenvalue weighted by Gasteiger charge is -2.25. The van der Waals surface area contributed by atoms with Crippen LogP contribution in [0.15, 0.2) is 24.3 Å². The summed E-state index contributed by atoms with van der Waals surface area (Å²) in [5.74, 6) is 0.929.